The number of nitrogens with one attached hydrogen (secondary N) is 2. The van der Waals surface area contributed by atoms with Gasteiger partial charge in [-0.25, -0.2) is 4.98 Å². The molecule has 6 nitrogen and oxygen atoms in total. The molecule has 5 rings (SSSR count). The number of nitrogens with zero attached hydrogens (tertiary/aromatic N) is 1. The van der Waals surface area contributed by atoms with Gasteiger partial charge < -0.3 is 10.6 Å². The lowest BCUT2D eigenvalue weighted by Crippen LogP contribution is -2.12. The van der Waals surface area contributed by atoms with Crippen molar-refractivity contribution >= 4 is 50.0 Å². The second kappa shape index (κ2) is 6.89. The number of rotatable bonds is 3. The fourth-order valence-corrected chi connectivity index (χ4v) is 4.53. The molecular formula is C23H15N3O3S. The van der Waals surface area contributed by atoms with Crippen LogP contribution in [0.1, 0.15) is 33.2 Å². The Kier molecular flexibility index (Phi) is 4.18. The maximum atomic E-state index is 12.8. The smallest absolute Gasteiger partial charge is 0.255 e. The fraction of sp³-hybridized carbons (Fsp3) is 0.0435. The van der Waals surface area contributed by atoms with E-state index in [2.05, 4.69) is 15.6 Å². The summed E-state index contributed by atoms with van der Waals surface area (Å²) in [5.74, 6) is -0.546. The number of anilines is 2. The van der Waals surface area contributed by atoms with Gasteiger partial charge in [-0.2, -0.15) is 0 Å². The first-order chi connectivity index (χ1) is 14.5. The molecule has 1 heterocycles. The molecule has 0 spiro atoms. The molecular weight excluding hydrogens is 398 g/mol. The molecule has 1 aromatic heterocycles. The topological polar surface area (TPSA) is 88.2 Å². The second-order valence-corrected chi connectivity index (χ2v) is 8.00. The highest BCUT2D eigenvalue weighted by Crippen LogP contribution is 2.37. The van der Waals surface area contributed by atoms with Gasteiger partial charge in [0.25, 0.3) is 5.91 Å². The van der Waals surface area contributed by atoms with Crippen molar-refractivity contribution in [3.8, 4) is 11.1 Å². The van der Waals surface area contributed by atoms with Crippen LogP contribution in [0.2, 0.25) is 0 Å². The average molecular weight is 413 g/mol. The van der Waals surface area contributed by atoms with Gasteiger partial charge in [0.1, 0.15) is 0 Å². The number of hydrogen-bond donors (Lipinski definition) is 2. The first kappa shape index (κ1) is 18.2. The third-order valence-electron chi connectivity index (χ3n) is 4.92. The van der Waals surface area contributed by atoms with Crippen molar-refractivity contribution < 1.29 is 14.4 Å². The van der Waals surface area contributed by atoms with Crippen LogP contribution in [0.4, 0.5) is 10.8 Å². The van der Waals surface area contributed by atoms with E-state index in [0.29, 0.717) is 27.5 Å². The quantitative estimate of drug-likeness (QED) is 0.448. The fourth-order valence-electron chi connectivity index (χ4n) is 3.58. The molecule has 0 unspecified atom stereocenters. The number of amides is 2. The third-order valence-corrected chi connectivity index (χ3v) is 5.85. The van der Waals surface area contributed by atoms with Crippen molar-refractivity contribution in [3.63, 3.8) is 0 Å². The first-order valence-electron chi connectivity index (χ1n) is 9.27. The molecule has 0 saturated heterocycles. The number of carbonyl (C=O) groups excluding carboxylic acids is 3. The van der Waals surface area contributed by atoms with Gasteiger partial charge in [0.2, 0.25) is 5.91 Å². The Hall–Kier alpha value is -3.84. The molecule has 0 bridgehead atoms. The van der Waals surface area contributed by atoms with Gasteiger partial charge >= 0.3 is 0 Å². The van der Waals surface area contributed by atoms with Crippen molar-refractivity contribution in [3.05, 3.63) is 77.4 Å². The van der Waals surface area contributed by atoms with Gasteiger partial charge in [0.15, 0.2) is 10.9 Å². The molecule has 146 valence electrons. The van der Waals surface area contributed by atoms with E-state index in [-0.39, 0.29) is 17.6 Å². The zero-order chi connectivity index (χ0) is 20.8. The molecule has 2 amide bonds. The van der Waals surface area contributed by atoms with E-state index in [1.165, 1.54) is 18.3 Å². The van der Waals surface area contributed by atoms with E-state index in [9.17, 15) is 14.4 Å². The Balaban J connectivity index is 1.41. The van der Waals surface area contributed by atoms with Gasteiger partial charge in [-0.15, -0.1) is 0 Å². The standard InChI is InChI=1S/C23H15N3O3S/c1-12(27)24-23-26-19-9-7-14(11-20(19)30-23)25-22(29)13-6-8-16-15-4-2-3-5-17(15)21(28)18(16)10-13/h2-11H,1H3,(H,25,29)(H,24,26,27). The van der Waals surface area contributed by atoms with Gasteiger partial charge in [0.05, 0.1) is 10.2 Å². The number of benzene rings is 3. The van der Waals surface area contributed by atoms with E-state index >= 15 is 0 Å². The molecule has 1 aliphatic carbocycles. The van der Waals surface area contributed by atoms with Crippen LogP contribution in [-0.2, 0) is 4.79 Å². The van der Waals surface area contributed by atoms with E-state index in [0.717, 1.165) is 21.3 Å². The summed E-state index contributed by atoms with van der Waals surface area (Å²) in [6.45, 7) is 1.43. The lowest BCUT2D eigenvalue weighted by Gasteiger charge is -2.07. The zero-order valence-corrected chi connectivity index (χ0v) is 16.7. The molecule has 30 heavy (non-hydrogen) atoms. The molecule has 4 aromatic rings. The van der Waals surface area contributed by atoms with Crippen LogP contribution in [0.5, 0.6) is 0 Å². The number of carbonyl (C=O) groups is 3. The monoisotopic (exact) mass is 413 g/mol. The number of hydrogen-bond acceptors (Lipinski definition) is 5. The van der Waals surface area contributed by atoms with Gasteiger partial charge in [-0.05, 0) is 41.5 Å². The average Bonchev–Trinajstić information content (AvgIpc) is 3.25. The number of fused-ring (bicyclic) bond motifs is 4. The third kappa shape index (κ3) is 3.05. The normalized spacial score (nSPS) is 11.8. The van der Waals surface area contributed by atoms with Crippen molar-refractivity contribution in [1.29, 1.82) is 0 Å². The summed E-state index contributed by atoms with van der Waals surface area (Å²) in [6.07, 6.45) is 0. The minimum atomic E-state index is -0.299. The van der Waals surface area contributed by atoms with Crippen LogP contribution < -0.4 is 10.6 Å². The van der Waals surface area contributed by atoms with Crippen molar-refractivity contribution in [2.24, 2.45) is 0 Å². The van der Waals surface area contributed by atoms with Crippen LogP contribution in [-0.4, -0.2) is 22.6 Å². The highest BCUT2D eigenvalue weighted by atomic mass is 32.1. The SMILES string of the molecule is CC(=O)Nc1nc2ccc(NC(=O)c3ccc4c(c3)C(=O)c3ccccc3-4)cc2s1. The van der Waals surface area contributed by atoms with Crippen molar-refractivity contribution in [2.45, 2.75) is 6.92 Å². The lowest BCUT2D eigenvalue weighted by molar-refractivity contribution is -0.114. The van der Waals surface area contributed by atoms with Gasteiger partial charge in [0, 0.05) is 29.3 Å². The Morgan fingerprint density at radius 3 is 2.43 bits per heavy atom. The largest absolute Gasteiger partial charge is 0.322 e. The molecule has 2 N–H and O–H groups in total. The van der Waals surface area contributed by atoms with Crippen molar-refractivity contribution in [1.82, 2.24) is 4.98 Å². The summed E-state index contributed by atoms with van der Waals surface area (Å²) in [7, 11) is 0. The van der Waals surface area contributed by atoms with Crippen LogP contribution in [0.25, 0.3) is 21.3 Å². The molecule has 3 aromatic carbocycles. The minimum absolute atomic E-state index is 0.0631. The number of ketones is 1. The zero-order valence-electron chi connectivity index (χ0n) is 15.9. The van der Waals surface area contributed by atoms with Crippen LogP contribution in [0, 0.1) is 0 Å². The summed E-state index contributed by atoms with van der Waals surface area (Å²) in [5, 5.41) is 6.05. The second-order valence-electron chi connectivity index (χ2n) is 6.97. The summed E-state index contributed by atoms with van der Waals surface area (Å²) < 4.78 is 0.844. The maximum Gasteiger partial charge on any atom is 0.255 e. The predicted molar refractivity (Wildman–Crippen MR) is 117 cm³/mol. The molecule has 0 radical (unpaired) electrons. The lowest BCUT2D eigenvalue weighted by atomic mass is 10.0. The van der Waals surface area contributed by atoms with Crippen LogP contribution >= 0.6 is 11.3 Å². The highest BCUT2D eigenvalue weighted by molar-refractivity contribution is 7.22. The van der Waals surface area contributed by atoms with E-state index in [1.54, 1.807) is 30.3 Å². The molecule has 0 fully saturated rings. The molecule has 0 saturated carbocycles. The highest BCUT2D eigenvalue weighted by Gasteiger charge is 2.27. The van der Waals surface area contributed by atoms with E-state index in [4.69, 9.17) is 0 Å². The van der Waals surface area contributed by atoms with Gasteiger partial charge in [-0.3, -0.25) is 14.4 Å². The summed E-state index contributed by atoms with van der Waals surface area (Å²) in [4.78, 5) is 41.0. The van der Waals surface area contributed by atoms with Crippen molar-refractivity contribution in [2.75, 3.05) is 10.6 Å². The maximum absolute atomic E-state index is 12.8. The minimum Gasteiger partial charge on any atom is -0.322 e. The summed E-state index contributed by atoms with van der Waals surface area (Å²) in [5.41, 5.74) is 4.72. The predicted octanol–water partition coefficient (Wildman–Crippen LogP) is 4.72. The Morgan fingerprint density at radius 1 is 0.867 bits per heavy atom. The molecule has 7 heteroatoms. The Morgan fingerprint density at radius 2 is 1.63 bits per heavy atom. The van der Waals surface area contributed by atoms with Crippen LogP contribution in [0.15, 0.2) is 60.7 Å². The Bertz CT molecular complexity index is 1370. The van der Waals surface area contributed by atoms with E-state index in [1.807, 2.05) is 30.3 Å². The Labute approximate surface area is 175 Å². The van der Waals surface area contributed by atoms with E-state index < -0.39 is 0 Å². The molecule has 1 aliphatic rings. The number of aromatic nitrogens is 1. The molecule has 0 atom stereocenters. The van der Waals surface area contributed by atoms with Crippen LogP contribution in [0.3, 0.4) is 0 Å². The van der Waals surface area contributed by atoms with Gasteiger partial charge in [-0.1, -0.05) is 41.7 Å². The summed E-state index contributed by atoms with van der Waals surface area (Å²) >= 11 is 1.33. The number of thiazole rings is 1. The summed E-state index contributed by atoms with van der Waals surface area (Å²) in [6, 6.07) is 18.0. The molecule has 0 aliphatic heterocycles. The first-order valence-corrected chi connectivity index (χ1v) is 10.1.